The van der Waals surface area contributed by atoms with E-state index >= 15 is 0 Å². The van der Waals surface area contributed by atoms with Gasteiger partial charge in [-0.1, -0.05) is 39.1 Å². The highest BCUT2D eigenvalue weighted by molar-refractivity contribution is 9.10. The number of halogens is 5. The zero-order chi connectivity index (χ0) is 15.6. The van der Waals surface area contributed by atoms with Gasteiger partial charge in [0, 0.05) is 20.2 Å². The van der Waals surface area contributed by atoms with Gasteiger partial charge in [0.2, 0.25) is 0 Å². The predicted octanol–water partition coefficient (Wildman–Crippen LogP) is 5.68. The molecule has 0 spiro atoms. The Hall–Kier alpha value is -1.37. The molecule has 2 amide bonds. The molecule has 2 aromatic carbocycles. The monoisotopic (exact) mass is 394 g/mol. The van der Waals surface area contributed by atoms with Crippen LogP contribution in [0.25, 0.3) is 0 Å². The summed E-state index contributed by atoms with van der Waals surface area (Å²) in [5.74, 6) is -1.80. The molecule has 3 nitrogen and oxygen atoms in total. The quantitative estimate of drug-likeness (QED) is 0.674. The first kappa shape index (κ1) is 16.0. The molecule has 0 fully saturated rings. The van der Waals surface area contributed by atoms with Crippen LogP contribution >= 0.6 is 39.1 Å². The molecule has 0 saturated carbocycles. The van der Waals surface area contributed by atoms with E-state index in [0.29, 0.717) is 15.7 Å². The number of anilines is 2. The summed E-state index contributed by atoms with van der Waals surface area (Å²) in [6.07, 6.45) is 0. The van der Waals surface area contributed by atoms with Crippen molar-refractivity contribution in [1.82, 2.24) is 0 Å². The summed E-state index contributed by atoms with van der Waals surface area (Å²) >= 11 is 14.5. The number of hydrogen-bond donors (Lipinski definition) is 2. The molecule has 0 saturated heterocycles. The zero-order valence-corrected chi connectivity index (χ0v) is 13.3. The summed E-state index contributed by atoms with van der Waals surface area (Å²) in [4.78, 5) is 11.7. The maximum absolute atomic E-state index is 13.6. The van der Waals surface area contributed by atoms with Crippen LogP contribution in [0, 0.1) is 11.6 Å². The van der Waals surface area contributed by atoms with Crippen LogP contribution in [0.15, 0.2) is 34.8 Å². The highest BCUT2D eigenvalue weighted by Gasteiger charge is 2.14. The fourth-order valence-corrected chi connectivity index (χ4v) is 2.49. The van der Waals surface area contributed by atoms with E-state index in [2.05, 4.69) is 26.6 Å². The second kappa shape index (κ2) is 6.60. The first-order chi connectivity index (χ1) is 9.85. The van der Waals surface area contributed by atoms with Gasteiger partial charge < -0.3 is 10.6 Å². The van der Waals surface area contributed by atoms with Crippen LogP contribution in [0.4, 0.5) is 25.0 Å². The molecule has 2 N–H and O–H groups in total. The Morgan fingerprint density at radius 3 is 2.00 bits per heavy atom. The molecule has 2 rings (SSSR count). The number of hydrogen-bond acceptors (Lipinski definition) is 1. The van der Waals surface area contributed by atoms with Crippen LogP contribution in [0.1, 0.15) is 0 Å². The van der Waals surface area contributed by atoms with Gasteiger partial charge in [-0.15, -0.1) is 0 Å². The lowest BCUT2D eigenvalue weighted by atomic mass is 10.3. The first-order valence-corrected chi connectivity index (χ1v) is 7.08. The number of carbonyl (C=O) groups is 1. The maximum Gasteiger partial charge on any atom is 0.323 e. The topological polar surface area (TPSA) is 41.1 Å². The van der Waals surface area contributed by atoms with Crippen LogP contribution in [0.5, 0.6) is 0 Å². The summed E-state index contributed by atoms with van der Waals surface area (Å²) in [5, 5.41) is 5.10. The van der Waals surface area contributed by atoms with E-state index in [1.165, 1.54) is 18.2 Å². The fourth-order valence-electron chi connectivity index (χ4n) is 1.56. The predicted molar refractivity (Wildman–Crippen MR) is 83.2 cm³/mol. The molecule has 2 aromatic rings. The van der Waals surface area contributed by atoms with Crippen LogP contribution < -0.4 is 10.6 Å². The molecule has 0 aliphatic rings. The van der Waals surface area contributed by atoms with Gasteiger partial charge >= 0.3 is 6.03 Å². The molecule has 8 heteroatoms. The van der Waals surface area contributed by atoms with E-state index in [0.717, 1.165) is 12.1 Å². The van der Waals surface area contributed by atoms with Crippen molar-refractivity contribution in [1.29, 1.82) is 0 Å². The number of nitrogens with one attached hydrogen (secondary N) is 2. The highest BCUT2D eigenvalue weighted by atomic mass is 79.9. The summed E-state index contributed by atoms with van der Waals surface area (Å²) in [7, 11) is 0. The Kier molecular flexibility index (Phi) is 5.03. The second-order valence-corrected chi connectivity index (χ2v) is 5.77. The Bertz CT molecular complexity index is 669. The van der Waals surface area contributed by atoms with Crippen LogP contribution in [-0.4, -0.2) is 6.03 Å². The molecule has 21 heavy (non-hydrogen) atoms. The molecular formula is C13H7BrCl2F2N2O. The zero-order valence-electron chi connectivity index (χ0n) is 10.2. The lowest BCUT2D eigenvalue weighted by Crippen LogP contribution is -2.21. The maximum atomic E-state index is 13.6. The summed E-state index contributed by atoms with van der Waals surface area (Å²) in [6.45, 7) is 0. The van der Waals surface area contributed by atoms with Crippen molar-refractivity contribution in [3.63, 3.8) is 0 Å². The molecule has 0 aliphatic carbocycles. The lowest BCUT2D eigenvalue weighted by Gasteiger charge is -2.10. The van der Waals surface area contributed by atoms with E-state index in [4.69, 9.17) is 23.2 Å². The van der Waals surface area contributed by atoms with E-state index < -0.39 is 23.4 Å². The largest absolute Gasteiger partial charge is 0.323 e. The van der Waals surface area contributed by atoms with Crippen molar-refractivity contribution in [2.24, 2.45) is 0 Å². The standard InChI is InChI=1S/C13H7BrCl2F2N2O/c14-6-1-10(17)12(11(18)2-6)20-13(21)19-9-4-7(15)3-8(16)5-9/h1-5H,(H2,19,20,21). The van der Waals surface area contributed by atoms with E-state index in [1.807, 2.05) is 0 Å². The fraction of sp³-hybridized carbons (Fsp3) is 0. The number of benzene rings is 2. The number of amides is 2. The molecule has 0 aromatic heterocycles. The van der Waals surface area contributed by atoms with Gasteiger partial charge in [-0.3, -0.25) is 0 Å². The molecule has 110 valence electrons. The normalized spacial score (nSPS) is 10.3. The Labute approximate surface area is 137 Å². The number of urea groups is 1. The van der Waals surface area contributed by atoms with Crippen molar-refractivity contribution in [2.75, 3.05) is 10.6 Å². The molecular weight excluding hydrogens is 389 g/mol. The highest BCUT2D eigenvalue weighted by Crippen LogP contribution is 2.25. The second-order valence-electron chi connectivity index (χ2n) is 3.98. The van der Waals surface area contributed by atoms with Crippen molar-refractivity contribution < 1.29 is 13.6 Å². The molecule has 0 unspecified atom stereocenters. The summed E-state index contributed by atoms with van der Waals surface area (Å²) < 4.78 is 27.4. The van der Waals surface area contributed by atoms with Gasteiger partial charge in [-0.05, 0) is 30.3 Å². The molecule has 0 heterocycles. The summed E-state index contributed by atoms with van der Waals surface area (Å²) in [6, 6.07) is 5.63. The Morgan fingerprint density at radius 1 is 0.952 bits per heavy atom. The third-order valence-electron chi connectivity index (χ3n) is 2.37. The average Bonchev–Trinajstić information content (AvgIpc) is 2.32. The van der Waals surface area contributed by atoms with Crippen LogP contribution in [-0.2, 0) is 0 Å². The van der Waals surface area contributed by atoms with Gasteiger partial charge in [0.1, 0.15) is 5.69 Å². The van der Waals surface area contributed by atoms with Crippen molar-refractivity contribution in [3.8, 4) is 0 Å². The van der Waals surface area contributed by atoms with Crippen molar-refractivity contribution >= 4 is 56.5 Å². The van der Waals surface area contributed by atoms with Crippen LogP contribution in [0.2, 0.25) is 10.0 Å². The lowest BCUT2D eigenvalue weighted by molar-refractivity contribution is 0.262. The van der Waals surface area contributed by atoms with Gasteiger partial charge in [-0.2, -0.15) is 0 Å². The SMILES string of the molecule is O=C(Nc1cc(Cl)cc(Cl)c1)Nc1c(F)cc(Br)cc1F. The van der Waals surface area contributed by atoms with E-state index in [-0.39, 0.29) is 4.47 Å². The smallest absolute Gasteiger partial charge is 0.308 e. The number of rotatable bonds is 2. The van der Waals surface area contributed by atoms with Crippen molar-refractivity contribution in [2.45, 2.75) is 0 Å². The molecule has 0 bridgehead atoms. The molecule has 0 aliphatic heterocycles. The average molecular weight is 396 g/mol. The van der Waals surface area contributed by atoms with E-state index in [1.54, 1.807) is 0 Å². The summed E-state index contributed by atoms with van der Waals surface area (Å²) in [5.41, 5.74) is -0.258. The molecule has 0 radical (unpaired) electrons. The van der Waals surface area contributed by atoms with Gasteiger partial charge in [0.05, 0.1) is 0 Å². The van der Waals surface area contributed by atoms with Crippen molar-refractivity contribution in [3.05, 3.63) is 56.5 Å². The number of carbonyl (C=O) groups excluding carboxylic acids is 1. The van der Waals surface area contributed by atoms with E-state index in [9.17, 15) is 13.6 Å². The third kappa shape index (κ3) is 4.30. The minimum atomic E-state index is -0.902. The third-order valence-corrected chi connectivity index (χ3v) is 3.26. The van der Waals surface area contributed by atoms with Crippen LogP contribution in [0.3, 0.4) is 0 Å². The minimum Gasteiger partial charge on any atom is -0.308 e. The van der Waals surface area contributed by atoms with Gasteiger partial charge in [0.25, 0.3) is 0 Å². The van der Waals surface area contributed by atoms with Gasteiger partial charge in [-0.25, -0.2) is 13.6 Å². The Morgan fingerprint density at radius 2 is 1.48 bits per heavy atom. The Balaban J connectivity index is 2.15. The van der Waals surface area contributed by atoms with Gasteiger partial charge in [0.15, 0.2) is 11.6 Å². The first-order valence-electron chi connectivity index (χ1n) is 5.54. The molecule has 0 atom stereocenters. The minimum absolute atomic E-state index is 0.227.